The topological polar surface area (TPSA) is 49.1 Å². The molecule has 4 nitrogen and oxygen atoms in total. The smallest absolute Gasteiger partial charge is 0.210 e. The Morgan fingerprint density at radius 3 is 2.33 bits per heavy atom. The molecule has 1 radical (unpaired) electrons. The molecule has 5 heteroatoms. The molecule has 5 rings (SSSR count). The molecular formula is C28H38BN4. The van der Waals surface area contributed by atoms with Crippen LogP contribution in [0.25, 0.3) is 0 Å². The Hall–Kier alpha value is -2.95. The predicted molar refractivity (Wildman–Crippen MR) is 146 cm³/mol. The second kappa shape index (κ2) is 13.6. The Labute approximate surface area is 201 Å². The molecule has 173 valence electrons. The molecule has 3 aliphatic rings. The number of nitrogens with one attached hydrogen (secondary N) is 1. The van der Waals surface area contributed by atoms with Gasteiger partial charge >= 0.3 is 0 Å². The Morgan fingerprint density at radius 1 is 0.879 bits per heavy atom. The van der Waals surface area contributed by atoms with E-state index in [1.807, 2.05) is 60.6 Å². The Morgan fingerprint density at radius 2 is 1.64 bits per heavy atom. The van der Waals surface area contributed by atoms with E-state index in [0.29, 0.717) is 0 Å². The fourth-order valence-electron chi connectivity index (χ4n) is 3.88. The fraction of sp³-hybridized carbons (Fsp3) is 0.393. The van der Waals surface area contributed by atoms with Crippen molar-refractivity contribution in [2.75, 3.05) is 0 Å². The number of hydrogen-bond donors (Lipinski definition) is 1. The van der Waals surface area contributed by atoms with Gasteiger partial charge in [-0.15, -0.1) is 0 Å². The summed E-state index contributed by atoms with van der Waals surface area (Å²) in [5.74, 6) is 2.97. The van der Waals surface area contributed by atoms with Gasteiger partial charge in [0.05, 0.1) is 11.4 Å². The van der Waals surface area contributed by atoms with E-state index in [1.54, 1.807) is 0 Å². The van der Waals surface area contributed by atoms with Crippen molar-refractivity contribution in [1.82, 2.24) is 5.43 Å². The van der Waals surface area contributed by atoms with Crippen LogP contribution in [0.4, 0.5) is 5.69 Å². The van der Waals surface area contributed by atoms with E-state index < -0.39 is 0 Å². The van der Waals surface area contributed by atoms with Crippen LogP contribution in [0.3, 0.4) is 0 Å². The molecule has 0 amide bonds. The average Bonchev–Trinajstić information content (AvgIpc) is 3.52. The van der Waals surface area contributed by atoms with Crippen molar-refractivity contribution in [3.05, 3.63) is 76.4 Å². The molecule has 33 heavy (non-hydrogen) atoms. The Balaban J connectivity index is 0.000000597. The molecule has 2 aromatic rings. The van der Waals surface area contributed by atoms with Crippen molar-refractivity contribution in [1.29, 1.82) is 0 Å². The molecule has 0 unspecified atom stereocenters. The van der Waals surface area contributed by atoms with Crippen LogP contribution in [0.2, 0.25) is 0 Å². The first-order valence-electron chi connectivity index (χ1n) is 12.5. The van der Waals surface area contributed by atoms with E-state index in [9.17, 15) is 0 Å². The van der Waals surface area contributed by atoms with Crippen LogP contribution in [0.1, 0.15) is 83.6 Å². The predicted octanol–water partition coefficient (Wildman–Crippen LogP) is 7.01. The van der Waals surface area contributed by atoms with Crippen molar-refractivity contribution >= 4 is 30.1 Å². The van der Waals surface area contributed by atoms with Gasteiger partial charge in [0.25, 0.3) is 0 Å². The number of allylic oxidation sites excluding steroid dienone is 1. The minimum absolute atomic E-state index is 0.816. The summed E-state index contributed by atoms with van der Waals surface area (Å²) in [6.07, 6.45) is 4.04. The molecule has 2 aliphatic heterocycles. The van der Waals surface area contributed by atoms with Crippen LogP contribution in [-0.2, 0) is 12.8 Å². The lowest BCUT2D eigenvalue weighted by atomic mass is 9.70. The highest BCUT2D eigenvalue weighted by Crippen LogP contribution is 2.26. The second-order valence-corrected chi connectivity index (χ2v) is 7.23. The van der Waals surface area contributed by atoms with Crippen LogP contribution in [0.15, 0.2) is 69.2 Å². The van der Waals surface area contributed by atoms with Crippen molar-refractivity contribution < 1.29 is 0 Å². The largest absolute Gasteiger partial charge is 0.269 e. The maximum absolute atomic E-state index is 4.75. The molecule has 0 atom stereocenters. The summed E-state index contributed by atoms with van der Waals surface area (Å²) in [7, 11) is 2.08. The van der Waals surface area contributed by atoms with Gasteiger partial charge < -0.3 is 0 Å². The molecular weight excluding hydrogens is 403 g/mol. The quantitative estimate of drug-likeness (QED) is 0.396. The Kier molecular flexibility index (Phi) is 10.8. The normalized spacial score (nSPS) is 16.1. The zero-order chi connectivity index (χ0) is 24.2. The summed E-state index contributed by atoms with van der Waals surface area (Å²) in [6, 6.07) is 14.9. The maximum atomic E-state index is 4.75. The molecule has 2 aromatic carbocycles. The van der Waals surface area contributed by atoms with Gasteiger partial charge in [-0.25, -0.2) is 4.99 Å². The number of aryl methyl sites for hydroxylation is 1. The number of benzene rings is 2. The molecule has 1 aliphatic carbocycles. The number of rotatable bonds is 2. The van der Waals surface area contributed by atoms with Crippen molar-refractivity contribution in [2.45, 2.75) is 74.1 Å². The summed E-state index contributed by atoms with van der Waals surface area (Å²) >= 11 is 0. The zero-order valence-electron chi connectivity index (χ0n) is 21.4. The third kappa shape index (κ3) is 6.53. The van der Waals surface area contributed by atoms with E-state index in [-0.39, 0.29) is 0 Å². The number of amidine groups is 1. The SMILES string of the molecule is CC.CC.CC.CC1=C[B]C(c2ccc3c(c2)/C(=N/NC2=Nc4ccccc4C2)CCC3)=N1. The molecule has 2 heterocycles. The van der Waals surface area contributed by atoms with Gasteiger partial charge in [-0.2, -0.15) is 5.10 Å². The summed E-state index contributed by atoms with van der Waals surface area (Å²) in [5, 5.41) is 4.75. The number of nitrogens with zero attached hydrogens (tertiary/aromatic N) is 3. The van der Waals surface area contributed by atoms with Gasteiger partial charge in [0.2, 0.25) is 7.28 Å². The lowest BCUT2D eigenvalue weighted by Crippen LogP contribution is -2.22. The highest BCUT2D eigenvalue weighted by molar-refractivity contribution is 6.83. The van der Waals surface area contributed by atoms with Gasteiger partial charge in [0, 0.05) is 23.3 Å². The van der Waals surface area contributed by atoms with Crippen LogP contribution in [0.5, 0.6) is 0 Å². The summed E-state index contributed by atoms with van der Waals surface area (Å²) in [5.41, 5.74) is 12.5. The van der Waals surface area contributed by atoms with E-state index in [2.05, 4.69) is 59.0 Å². The van der Waals surface area contributed by atoms with Crippen LogP contribution >= 0.6 is 0 Å². The van der Waals surface area contributed by atoms with Gasteiger partial charge in [0.15, 0.2) is 0 Å². The summed E-state index contributed by atoms with van der Waals surface area (Å²) in [4.78, 5) is 9.26. The minimum Gasteiger partial charge on any atom is -0.269 e. The first-order chi connectivity index (χ1) is 16.3. The van der Waals surface area contributed by atoms with E-state index in [1.165, 1.54) is 16.7 Å². The standard InChI is InChI=1S/C22H20BN4.3C2H6/c1-14-13-23-22(24-14)17-10-9-15-6-4-8-20(18(15)11-17)26-27-21-12-16-5-2-3-7-19(16)25-21;3*1-2/h2-3,5,7,9-11,13H,4,6,8,12H2,1H3,(H,25,27);3*1-2H3/b26-20+;;;. The number of hydrazone groups is 1. The van der Waals surface area contributed by atoms with E-state index >= 15 is 0 Å². The van der Waals surface area contributed by atoms with Crippen molar-refractivity contribution in [3.8, 4) is 0 Å². The Bertz CT molecular complexity index is 1050. The molecule has 1 N–H and O–H groups in total. The van der Waals surface area contributed by atoms with Crippen LogP contribution in [0, 0.1) is 0 Å². The van der Waals surface area contributed by atoms with E-state index in [4.69, 9.17) is 5.10 Å². The van der Waals surface area contributed by atoms with Crippen molar-refractivity contribution in [2.24, 2.45) is 15.1 Å². The molecule has 0 saturated carbocycles. The van der Waals surface area contributed by atoms with Crippen molar-refractivity contribution in [3.63, 3.8) is 0 Å². The number of hydrogen-bond acceptors (Lipinski definition) is 4. The lowest BCUT2D eigenvalue weighted by Gasteiger charge is -2.19. The second-order valence-electron chi connectivity index (χ2n) is 7.23. The fourth-order valence-corrected chi connectivity index (χ4v) is 3.88. The first-order valence-corrected chi connectivity index (χ1v) is 12.5. The third-order valence-corrected chi connectivity index (χ3v) is 5.28. The highest BCUT2D eigenvalue weighted by atomic mass is 15.3. The van der Waals surface area contributed by atoms with Gasteiger partial charge in [-0.05, 0) is 55.0 Å². The number of fused-ring (bicyclic) bond motifs is 2. The number of para-hydroxylation sites is 1. The number of aliphatic imine (C=N–C) groups is 2. The third-order valence-electron chi connectivity index (χ3n) is 5.28. The van der Waals surface area contributed by atoms with Gasteiger partial charge in [-0.3, -0.25) is 10.4 Å². The van der Waals surface area contributed by atoms with E-state index in [0.717, 1.165) is 59.8 Å². The van der Waals surface area contributed by atoms with Crippen LogP contribution in [-0.4, -0.2) is 24.4 Å². The first kappa shape index (κ1) is 26.3. The monoisotopic (exact) mass is 441 g/mol. The minimum atomic E-state index is 0.816. The molecule has 0 fully saturated rings. The summed E-state index contributed by atoms with van der Waals surface area (Å²) in [6.45, 7) is 14.0. The maximum Gasteiger partial charge on any atom is 0.210 e. The highest BCUT2D eigenvalue weighted by Gasteiger charge is 2.19. The lowest BCUT2D eigenvalue weighted by molar-refractivity contribution is 0.826. The van der Waals surface area contributed by atoms with Crippen LogP contribution < -0.4 is 5.43 Å². The zero-order valence-corrected chi connectivity index (χ0v) is 21.4. The molecule has 0 spiro atoms. The van der Waals surface area contributed by atoms with Gasteiger partial charge in [0.1, 0.15) is 5.84 Å². The molecule has 0 aromatic heterocycles. The molecule has 0 saturated heterocycles. The average molecular weight is 441 g/mol. The molecule has 0 bridgehead atoms. The summed E-state index contributed by atoms with van der Waals surface area (Å²) < 4.78 is 0. The van der Waals surface area contributed by atoms with Gasteiger partial charge in [-0.1, -0.05) is 77.8 Å².